The molecular formula is C22H19FN2O3S. The van der Waals surface area contributed by atoms with E-state index in [0.29, 0.717) is 0 Å². The molecule has 0 aliphatic carbocycles. The standard InChI is InChI=1S/C22H19FN2O3S/c1-15-13-16-7-2-5-12-21(16)25(15)22(26)17-8-6-9-18(14-17)29(27,28)24-20-11-4-3-10-19(20)23/h2-12,14-15,24H,13H2,1H3. The molecule has 3 aromatic rings. The number of anilines is 2. The van der Waals surface area contributed by atoms with E-state index in [2.05, 4.69) is 4.72 Å². The maximum atomic E-state index is 13.8. The van der Waals surface area contributed by atoms with Gasteiger partial charge in [0.2, 0.25) is 0 Å². The van der Waals surface area contributed by atoms with Crippen molar-refractivity contribution in [3.63, 3.8) is 0 Å². The second-order valence-corrected chi connectivity index (χ2v) is 8.65. The summed E-state index contributed by atoms with van der Waals surface area (Å²) in [6.07, 6.45) is 0.745. The maximum Gasteiger partial charge on any atom is 0.262 e. The monoisotopic (exact) mass is 410 g/mol. The highest BCUT2D eigenvalue weighted by atomic mass is 32.2. The minimum absolute atomic E-state index is 0.0308. The van der Waals surface area contributed by atoms with Crippen LogP contribution in [0.3, 0.4) is 0 Å². The quantitative estimate of drug-likeness (QED) is 0.700. The van der Waals surface area contributed by atoms with E-state index in [1.165, 1.54) is 42.5 Å². The molecule has 0 fully saturated rings. The Morgan fingerprint density at radius 1 is 1.03 bits per heavy atom. The summed E-state index contributed by atoms with van der Waals surface area (Å²) in [6, 6.07) is 18.9. The van der Waals surface area contributed by atoms with Gasteiger partial charge >= 0.3 is 0 Å². The van der Waals surface area contributed by atoms with E-state index in [9.17, 15) is 17.6 Å². The third-order valence-corrected chi connectivity index (χ3v) is 6.30. The molecule has 0 spiro atoms. The summed E-state index contributed by atoms with van der Waals surface area (Å²) in [7, 11) is -4.05. The Labute approximate surface area is 168 Å². The summed E-state index contributed by atoms with van der Waals surface area (Å²) in [5, 5.41) is 0. The number of nitrogens with zero attached hydrogens (tertiary/aromatic N) is 1. The number of carbonyl (C=O) groups is 1. The first-order valence-corrected chi connectivity index (χ1v) is 10.6. The average molecular weight is 410 g/mol. The number of fused-ring (bicyclic) bond motifs is 1. The number of amides is 1. The molecule has 0 saturated heterocycles. The summed E-state index contributed by atoms with van der Waals surface area (Å²) in [6.45, 7) is 1.96. The third-order valence-electron chi connectivity index (χ3n) is 4.94. The molecule has 1 unspecified atom stereocenters. The smallest absolute Gasteiger partial charge is 0.262 e. The first kappa shape index (κ1) is 19.1. The fourth-order valence-corrected chi connectivity index (χ4v) is 4.67. The molecule has 0 aromatic heterocycles. The fourth-order valence-electron chi connectivity index (χ4n) is 3.56. The molecule has 1 amide bonds. The summed E-state index contributed by atoms with van der Waals surface area (Å²) in [5.41, 5.74) is 2.03. The molecule has 3 aromatic carbocycles. The van der Waals surface area contributed by atoms with Crippen LogP contribution >= 0.6 is 0 Å². The molecule has 0 saturated carbocycles. The van der Waals surface area contributed by atoms with Crippen LogP contribution in [-0.2, 0) is 16.4 Å². The highest BCUT2D eigenvalue weighted by molar-refractivity contribution is 7.92. The minimum Gasteiger partial charge on any atom is -0.305 e. The van der Waals surface area contributed by atoms with Crippen LogP contribution in [0.15, 0.2) is 77.7 Å². The van der Waals surface area contributed by atoms with Gasteiger partial charge in [0.1, 0.15) is 5.82 Å². The number of hydrogen-bond donors (Lipinski definition) is 1. The molecule has 7 heteroatoms. The van der Waals surface area contributed by atoms with Crippen LogP contribution in [0.4, 0.5) is 15.8 Å². The molecule has 5 nitrogen and oxygen atoms in total. The molecule has 1 atom stereocenters. The molecule has 1 heterocycles. The lowest BCUT2D eigenvalue weighted by atomic mass is 10.1. The number of rotatable bonds is 4. The molecule has 1 N–H and O–H groups in total. The number of hydrogen-bond acceptors (Lipinski definition) is 3. The van der Waals surface area contributed by atoms with Gasteiger partial charge in [-0.05, 0) is 55.3 Å². The van der Waals surface area contributed by atoms with Crippen molar-refractivity contribution >= 4 is 27.3 Å². The highest BCUT2D eigenvalue weighted by Gasteiger charge is 2.31. The second-order valence-electron chi connectivity index (χ2n) is 6.97. The fraction of sp³-hybridized carbons (Fsp3) is 0.136. The summed E-state index contributed by atoms with van der Waals surface area (Å²) in [4.78, 5) is 14.7. The van der Waals surface area contributed by atoms with E-state index in [1.807, 2.05) is 31.2 Å². The van der Waals surface area contributed by atoms with Gasteiger partial charge in [-0.15, -0.1) is 0 Å². The van der Waals surface area contributed by atoms with E-state index in [0.717, 1.165) is 17.7 Å². The van der Waals surface area contributed by atoms with Gasteiger partial charge < -0.3 is 4.90 Å². The van der Waals surface area contributed by atoms with Crippen LogP contribution < -0.4 is 9.62 Å². The van der Waals surface area contributed by atoms with Crippen molar-refractivity contribution in [3.8, 4) is 0 Å². The molecule has 4 rings (SSSR count). The first-order chi connectivity index (χ1) is 13.9. The van der Waals surface area contributed by atoms with Crippen LogP contribution in [-0.4, -0.2) is 20.4 Å². The van der Waals surface area contributed by atoms with Gasteiger partial charge in [0.15, 0.2) is 0 Å². The molecule has 148 valence electrons. The predicted octanol–water partition coefficient (Wildman–Crippen LogP) is 4.22. The van der Waals surface area contributed by atoms with Gasteiger partial charge in [-0.1, -0.05) is 36.4 Å². The Bertz CT molecular complexity index is 1190. The van der Waals surface area contributed by atoms with Gasteiger partial charge in [0, 0.05) is 17.3 Å². The number of halogens is 1. The van der Waals surface area contributed by atoms with E-state index >= 15 is 0 Å². The molecule has 0 radical (unpaired) electrons. The number of para-hydroxylation sites is 2. The first-order valence-electron chi connectivity index (χ1n) is 9.16. The lowest BCUT2D eigenvalue weighted by Gasteiger charge is -2.23. The largest absolute Gasteiger partial charge is 0.305 e. The van der Waals surface area contributed by atoms with Crippen molar-refractivity contribution in [2.45, 2.75) is 24.3 Å². The van der Waals surface area contributed by atoms with Crippen LogP contribution in [0.1, 0.15) is 22.8 Å². The minimum atomic E-state index is -4.05. The molecule has 1 aliphatic rings. The Kier molecular flexibility index (Phi) is 4.84. The summed E-state index contributed by atoms with van der Waals surface area (Å²) in [5.74, 6) is -0.948. The number of carbonyl (C=O) groups excluding carboxylic acids is 1. The topological polar surface area (TPSA) is 66.5 Å². The lowest BCUT2D eigenvalue weighted by Crippen LogP contribution is -2.35. The van der Waals surface area contributed by atoms with E-state index in [-0.39, 0.29) is 28.1 Å². The Morgan fingerprint density at radius 3 is 2.55 bits per heavy atom. The van der Waals surface area contributed by atoms with Gasteiger partial charge in [-0.25, -0.2) is 12.8 Å². The predicted molar refractivity (Wildman–Crippen MR) is 110 cm³/mol. The molecule has 1 aliphatic heterocycles. The Balaban J connectivity index is 1.66. The highest BCUT2D eigenvalue weighted by Crippen LogP contribution is 2.33. The van der Waals surface area contributed by atoms with Gasteiger partial charge in [-0.3, -0.25) is 9.52 Å². The van der Waals surface area contributed by atoms with Crippen molar-refractivity contribution in [3.05, 3.63) is 89.7 Å². The Morgan fingerprint density at radius 2 is 1.76 bits per heavy atom. The summed E-state index contributed by atoms with van der Waals surface area (Å²) >= 11 is 0. The zero-order valence-corrected chi connectivity index (χ0v) is 16.5. The van der Waals surface area contributed by atoms with Crippen molar-refractivity contribution in [1.29, 1.82) is 0 Å². The number of sulfonamides is 1. The van der Waals surface area contributed by atoms with Gasteiger partial charge in [0.05, 0.1) is 10.6 Å². The molecule has 29 heavy (non-hydrogen) atoms. The van der Waals surface area contributed by atoms with E-state index < -0.39 is 15.8 Å². The number of nitrogens with one attached hydrogen (secondary N) is 1. The summed E-state index contributed by atoms with van der Waals surface area (Å²) < 4.78 is 41.5. The van der Waals surface area contributed by atoms with Crippen molar-refractivity contribution < 1.29 is 17.6 Å². The maximum absolute atomic E-state index is 13.8. The van der Waals surface area contributed by atoms with E-state index in [1.54, 1.807) is 11.0 Å². The van der Waals surface area contributed by atoms with Crippen LogP contribution in [0, 0.1) is 5.82 Å². The average Bonchev–Trinajstić information content (AvgIpc) is 3.05. The Hall–Kier alpha value is -3.19. The zero-order valence-electron chi connectivity index (χ0n) is 15.7. The van der Waals surface area contributed by atoms with E-state index in [4.69, 9.17) is 0 Å². The second kappa shape index (κ2) is 7.33. The number of benzene rings is 3. The van der Waals surface area contributed by atoms with Gasteiger partial charge in [-0.2, -0.15) is 0 Å². The zero-order chi connectivity index (χ0) is 20.6. The van der Waals surface area contributed by atoms with Crippen LogP contribution in [0.5, 0.6) is 0 Å². The van der Waals surface area contributed by atoms with Crippen molar-refractivity contribution in [2.75, 3.05) is 9.62 Å². The van der Waals surface area contributed by atoms with Crippen molar-refractivity contribution in [2.24, 2.45) is 0 Å². The normalized spacial score (nSPS) is 15.8. The lowest BCUT2D eigenvalue weighted by molar-refractivity contribution is 0.0981. The molecule has 0 bridgehead atoms. The van der Waals surface area contributed by atoms with Gasteiger partial charge in [0.25, 0.3) is 15.9 Å². The van der Waals surface area contributed by atoms with Crippen LogP contribution in [0.25, 0.3) is 0 Å². The SMILES string of the molecule is CC1Cc2ccccc2N1C(=O)c1cccc(S(=O)(=O)Nc2ccccc2F)c1. The van der Waals surface area contributed by atoms with Crippen molar-refractivity contribution in [1.82, 2.24) is 0 Å². The third kappa shape index (κ3) is 3.61. The van der Waals surface area contributed by atoms with Crippen LogP contribution in [0.2, 0.25) is 0 Å². The molecular weight excluding hydrogens is 391 g/mol.